The number of piperazine rings is 1. The van der Waals surface area contributed by atoms with Crippen molar-refractivity contribution in [2.45, 2.75) is 70.5 Å². The van der Waals surface area contributed by atoms with Crippen molar-refractivity contribution >= 4 is 51.7 Å². The molecule has 1 aromatic carbocycles. The number of ether oxygens (including phenoxy) is 1. The third-order valence-electron chi connectivity index (χ3n) is 10.9. The number of anilines is 2. The molecule has 13 nitrogen and oxygen atoms in total. The lowest BCUT2D eigenvalue weighted by Crippen LogP contribution is -2.58. The molecular weight excluding hydrogens is 706 g/mol. The maximum atomic E-state index is 13.5. The van der Waals surface area contributed by atoms with Crippen LogP contribution in [0.5, 0.6) is 5.88 Å². The van der Waals surface area contributed by atoms with Crippen LogP contribution in [0, 0.1) is 11.3 Å². The van der Waals surface area contributed by atoms with Crippen molar-refractivity contribution in [2.24, 2.45) is 0 Å². The Morgan fingerprint density at radius 3 is 2.57 bits per heavy atom. The average Bonchev–Trinajstić information content (AvgIpc) is 3.62. The first-order chi connectivity index (χ1) is 26.2. The number of nitrogens with zero attached hydrogens (tertiary/aromatic N) is 8. The number of hydrogen-bond donors (Lipinski definition) is 1. The second-order valence-corrected chi connectivity index (χ2v) is 14.9. The number of nitrogens with one attached hydrogen (secondary N) is 1. The Balaban J connectivity index is 0.812. The number of piperidine rings is 1. The van der Waals surface area contributed by atoms with Crippen LogP contribution in [0.4, 0.5) is 16.2 Å². The average molecular weight is 752 g/mol. The van der Waals surface area contributed by atoms with Crippen molar-refractivity contribution in [3.63, 3.8) is 0 Å². The highest BCUT2D eigenvalue weighted by Crippen LogP contribution is 2.33. The number of nitriles is 1. The van der Waals surface area contributed by atoms with Gasteiger partial charge in [-0.25, -0.2) is 9.78 Å². The van der Waals surface area contributed by atoms with Crippen molar-refractivity contribution in [1.82, 2.24) is 29.7 Å². The predicted octanol–water partition coefficient (Wildman–Crippen LogP) is 6.03. The number of pyridine rings is 2. The number of carbonyl (C=O) groups excluding carboxylic acids is 3. The lowest BCUT2D eigenvalue weighted by atomic mass is 10.0. The molecule has 0 unspecified atom stereocenters. The maximum absolute atomic E-state index is 13.5. The summed E-state index contributed by atoms with van der Waals surface area (Å²) >= 11 is 6.29. The molecule has 4 amide bonds. The summed E-state index contributed by atoms with van der Waals surface area (Å²) in [4.78, 5) is 54.7. The maximum Gasteiger partial charge on any atom is 0.328 e. The van der Waals surface area contributed by atoms with E-state index in [1.54, 1.807) is 35.5 Å². The van der Waals surface area contributed by atoms with E-state index in [1.165, 1.54) is 0 Å². The number of urea groups is 1. The molecule has 6 heterocycles. The van der Waals surface area contributed by atoms with Crippen LogP contribution in [0.3, 0.4) is 0 Å². The van der Waals surface area contributed by atoms with E-state index in [0.717, 1.165) is 74.0 Å². The Bertz CT molecular complexity index is 2040. The quantitative estimate of drug-likeness (QED) is 0.182. The van der Waals surface area contributed by atoms with Gasteiger partial charge in [0.15, 0.2) is 0 Å². The zero-order chi connectivity index (χ0) is 37.8. The van der Waals surface area contributed by atoms with E-state index < -0.39 is 6.03 Å². The van der Waals surface area contributed by atoms with Crippen LogP contribution in [-0.2, 0) is 4.79 Å². The summed E-state index contributed by atoms with van der Waals surface area (Å²) in [6.45, 7) is 9.37. The molecule has 0 bridgehead atoms. The van der Waals surface area contributed by atoms with Gasteiger partial charge >= 0.3 is 6.03 Å². The lowest BCUT2D eigenvalue weighted by molar-refractivity contribution is -0.120. The van der Waals surface area contributed by atoms with Crippen molar-refractivity contribution < 1.29 is 19.1 Å². The SMILES string of the molecule is C[C@@H]1CN(c2ccc(C#N)c(Cl)c2)[C@@H](C)CN1C(=O)c1ccc(OCCCCCN2CCC(n3ccc4c(N5CCC(=O)NC5=O)cncc43)CC2)nc1. The lowest BCUT2D eigenvalue weighted by Gasteiger charge is -2.45. The molecule has 0 spiro atoms. The van der Waals surface area contributed by atoms with Crippen LogP contribution in [-0.4, -0.2) is 100 Å². The molecule has 282 valence electrons. The van der Waals surface area contributed by atoms with Gasteiger partial charge in [0.05, 0.1) is 46.4 Å². The van der Waals surface area contributed by atoms with Gasteiger partial charge in [-0.3, -0.25) is 24.8 Å². The largest absolute Gasteiger partial charge is 0.478 e. The van der Waals surface area contributed by atoms with Crippen LogP contribution >= 0.6 is 11.6 Å². The molecule has 14 heteroatoms. The number of halogens is 1. The van der Waals surface area contributed by atoms with Crippen molar-refractivity contribution in [2.75, 3.05) is 55.7 Å². The zero-order valence-electron chi connectivity index (χ0n) is 30.8. The molecule has 0 radical (unpaired) electrons. The number of fused-ring (bicyclic) bond motifs is 1. The third-order valence-corrected chi connectivity index (χ3v) is 11.2. The summed E-state index contributed by atoms with van der Waals surface area (Å²) in [5.41, 5.74) is 3.68. The van der Waals surface area contributed by atoms with Gasteiger partial charge in [-0.15, -0.1) is 0 Å². The number of aromatic nitrogens is 3. The molecule has 7 rings (SSSR count). The highest BCUT2D eigenvalue weighted by atomic mass is 35.5. The summed E-state index contributed by atoms with van der Waals surface area (Å²) < 4.78 is 8.21. The van der Waals surface area contributed by atoms with Gasteiger partial charge in [-0.1, -0.05) is 11.6 Å². The number of rotatable bonds is 11. The minimum Gasteiger partial charge on any atom is -0.478 e. The van der Waals surface area contributed by atoms with Gasteiger partial charge < -0.3 is 24.0 Å². The van der Waals surface area contributed by atoms with Crippen LogP contribution in [0.2, 0.25) is 5.02 Å². The van der Waals surface area contributed by atoms with Crippen LogP contribution in [0.15, 0.2) is 61.2 Å². The zero-order valence-corrected chi connectivity index (χ0v) is 31.5. The molecule has 3 aliphatic rings. The molecule has 3 aromatic heterocycles. The molecule has 3 fully saturated rings. The minimum atomic E-state index is -0.395. The summed E-state index contributed by atoms with van der Waals surface area (Å²) in [5, 5.41) is 13.0. The fraction of sp³-hybridized carbons (Fsp3) is 0.450. The molecule has 1 N–H and O–H groups in total. The Kier molecular flexibility index (Phi) is 11.3. The molecule has 0 aliphatic carbocycles. The van der Waals surface area contributed by atoms with Gasteiger partial charge in [0, 0.05) is 86.8 Å². The molecule has 2 atom stereocenters. The van der Waals surface area contributed by atoms with E-state index in [0.29, 0.717) is 54.3 Å². The molecule has 3 aliphatic heterocycles. The Labute approximate surface area is 320 Å². The highest BCUT2D eigenvalue weighted by molar-refractivity contribution is 6.32. The Morgan fingerprint density at radius 2 is 1.83 bits per heavy atom. The minimum absolute atomic E-state index is 0.0248. The van der Waals surface area contributed by atoms with Crippen LogP contribution < -0.4 is 19.9 Å². The van der Waals surface area contributed by atoms with E-state index in [-0.39, 0.29) is 30.3 Å². The summed E-state index contributed by atoms with van der Waals surface area (Å²) in [6, 6.07) is 13.2. The Morgan fingerprint density at radius 1 is 1.00 bits per heavy atom. The number of unbranched alkanes of at least 4 members (excludes halogenated alkanes) is 2. The topological polar surface area (TPSA) is 140 Å². The fourth-order valence-electron chi connectivity index (χ4n) is 7.90. The van der Waals surface area contributed by atoms with Crippen molar-refractivity contribution in [3.05, 3.63) is 77.3 Å². The number of imide groups is 1. The van der Waals surface area contributed by atoms with E-state index in [1.807, 2.05) is 30.2 Å². The van der Waals surface area contributed by atoms with Crippen LogP contribution in [0.25, 0.3) is 10.9 Å². The predicted molar refractivity (Wildman–Crippen MR) is 207 cm³/mol. The second-order valence-electron chi connectivity index (χ2n) is 14.5. The third kappa shape index (κ3) is 8.00. The standard InChI is InChI=1S/C40H46ClN9O4/c1-27-26-50(28(2)25-49(27)32-8-6-29(21-42)34(41)20-32)39(52)30-7-9-38(44-22-30)54-19-5-3-4-14-46-15-10-31(11-16-46)47-17-12-33-35(47)23-43-24-36(33)48-18-13-37(51)45-40(48)53/h6-9,12,17,20,22-24,27-28,31H,3-5,10-11,13-16,18-19,25-26H2,1-2H3,(H,45,51,53)/t27-,28+/m0/s1. The summed E-state index contributed by atoms with van der Waals surface area (Å²) in [6.07, 6.45) is 12.7. The van der Waals surface area contributed by atoms with E-state index >= 15 is 0 Å². The van der Waals surface area contributed by atoms with E-state index in [2.05, 4.69) is 54.9 Å². The van der Waals surface area contributed by atoms with Crippen molar-refractivity contribution in [3.8, 4) is 11.9 Å². The fourth-order valence-corrected chi connectivity index (χ4v) is 8.12. The summed E-state index contributed by atoms with van der Waals surface area (Å²) in [7, 11) is 0. The first kappa shape index (κ1) is 37.1. The van der Waals surface area contributed by atoms with Crippen molar-refractivity contribution in [1.29, 1.82) is 5.26 Å². The van der Waals surface area contributed by atoms with Gasteiger partial charge in [0.2, 0.25) is 11.8 Å². The number of amides is 4. The van der Waals surface area contributed by atoms with Gasteiger partial charge in [0.1, 0.15) is 6.07 Å². The smallest absolute Gasteiger partial charge is 0.328 e. The Hall–Kier alpha value is -5.19. The molecule has 4 aromatic rings. The number of carbonyl (C=O) groups is 3. The normalized spacial score (nSPS) is 19.9. The first-order valence-corrected chi connectivity index (χ1v) is 19.2. The van der Waals surface area contributed by atoms with Gasteiger partial charge in [-0.05, 0) is 82.8 Å². The van der Waals surface area contributed by atoms with Gasteiger partial charge in [-0.2, -0.15) is 5.26 Å². The molecule has 3 saturated heterocycles. The first-order valence-electron chi connectivity index (χ1n) is 18.8. The van der Waals surface area contributed by atoms with E-state index in [4.69, 9.17) is 16.3 Å². The van der Waals surface area contributed by atoms with Crippen LogP contribution in [0.1, 0.15) is 74.3 Å². The highest BCUT2D eigenvalue weighted by Gasteiger charge is 2.33. The molecular formula is C40H46ClN9O4. The molecule has 0 saturated carbocycles. The van der Waals surface area contributed by atoms with E-state index in [9.17, 15) is 19.6 Å². The molecule has 54 heavy (non-hydrogen) atoms. The second kappa shape index (κ2) is 16.4. The summed E-state index contributed by atoms with van der Waals surface area (Å²) in [5.74, 6) is 0.224. The van der Waals surface area contributed by atoms with Gasteiger partial charge in [0.25, 0.3) is 5.91 Å². The number of hydrogen-bond acceptors (Lipinski definition) is 9. The monoisotopic (exact) mass is 751 g/mol. The number of likely N-dealkylation sites (tertiary alicyclic amines) is 1. The number of benzene rings is 1.